The van der Waals surface area contributed by atoms with Gasteiger partial charge in [-0.05, 0) is 73.4 Å². The van der Waals surface area contributed by atoms with Crippen molar-refractivity contribution in [1.29, 1.82) is 0 Å². The summed E-state index contributed by atoms with van der Waals surface area (Å²) >= 11 is 0. The average Bonchev–Trinajstić information content (AvgIpc) is 2.78. The molecule has 3 rings (SSSR count). The highest BCUT2D eigenvalue weighted by molar-refractivity contribution is 5.50. The van der Waals surface area contributed by atoms with Gasteiger partial charge in [0.1, 0.15) is 12.4 Å². The van der Waals surface area contributed by atoms with E-state index in [1.165, 1.54) is 56.6 Å². The molecule has 0 radical (unpaired) electrons. The molecule has 3 heteroatoms. The van der Waals surface area contributed by atoms with Crippen LogP contribution >= 0.6 is 0 Å². The van der Waals surface area contributed by atoms with E-state index in [-0.39, 0.29) is 0 Å². The summed E-state index contributed by atoms with van der Waals surface area (Å²) in [4.78, 5) is 5.34. The van der Waals surface area contributed by atoms with Crippen LogP contribution in [0.25, 0.3) is 0 Å². The van der Waals surface area contributed by atoms with Gasteiger partial charge in [0.2, 0.25) is 0 Å². The minimum Gasteiger partial charge on any atom is -0.489 e. The highest BCUT2D eigenvalue weighted by Crippen LogP contribution is 2.28. The lowest BCUT2D eigenvalue weighted by molar-refractivity contribution is 0.182. The fourth-order valence-corrected chi connectivity index (χ4v) is 4.34. The number of anilines is 1. The summed E-state index contributed by atoms with van der Waals surface area (Å²) in [5, 5.41) is 0. The number of hydrogen-bond acceptors (Lipinski definition) is 3. The zero-order valence-electron chi connectivity index (χ0n) is 21.0. The third-order valence-corrected chi connectivity index (χ3v) is 6.54. The molecule has 176 valence electrons. The lowest BCUT2D eigenvalue weighted by Crippen LogP contribution is -2.46. The quantitative estimate of drug-likeness (QED) is 0.398. The van der Waals surface area contributed by atoms with Crippen molar-refractivity contribution in [3.63, 3.8) is 0 Å². The Labute approximate surface area is 196 Å². The molecular weight excluding hydrogens is 392 g/mol. The first-order chi connectivity index (χ1) is 15.3. The predicted molar refractivity (Wildman–Crippen MR) is 138 cm³/mol. The van der Waals surface area contributed by atoms with Gasteiger partial charge in [-0.25, -0.2) is 0 Å². The van der Waals surface area contributed by atoms with Crippen LogP contribution in [-0.2, 0) is 6.61 Å². The Morgan fingerprint density at radius 2 is 1.62 bits per heavy atom. The average molecular weight is 437 g/mol. The number of likely N-dealkylation sites (tertiary alicyclic amines) is 1. The largest absolute Gasteiger partial charge is 0.489 e. The molecule has 0 atom stereocenters. The first-order valence-corrected chi connectivity index (χ1v) is 12.6. The van der Waals surface area contributed by atoms with Gasteiger partial charge in [0.05, 0.1) is 0 Å². The molecule has 1 aliphatic heterocycles. The second-order valence-electron chi connectivity index (χ2n) is 11.0. The lowest BCUT2D eigenvalue weighted by Gasteiger charge is -2.40. The van der Waals surface area contributed by atoms with Gasteiger partial charge < -0.3 is 14.5 Å². The van der Waals surface area contributed by atoms with E-state index in [4.69, 9.17) is 4.74 Å². The Morgan fingerprint density at radius 3 is 2.22 bits per heavy atom. The molecule has 0 aromatic heterocycles. The van der Waals surface area contributed by atoms with E-state index in [0.29, 0.717) is 18.1 Å². The van der Waals surface area contributed by atoms with E-state index in [2.05, 4.69) is 92.9 Å². The highest BCUT2D eigenvalue weighted by Gasteiger charge is 2.25. The summed E-state index contributed by atoms with van der Waals surface area (Å²) in [6, 6.07) is 19.8. The molecule has 1 aliphatic rings. The number of ether oxygens (including phenoxy) is 1. The Morgan fingerprint density at radius 1 is 0.969 bits per heavy atom. The molecule has 0 amide bonds. The summed E-state index contributed by atoms with van der Waals surface area (Å²) < 4.78 is 6.01. The van der Waals surface area contributed by atoms with Gasteiger partial charge in [-0.15, -0.1) is 0 Å². The van der Waals surface area contributed by atoms with Crippen molar-refractivity contribution in [2.45, 2.75) is 73.0 Å². The fraction of sp³-hybridized carbons (Fsp3) is 0.586. The third-order valence-electron chi connectivity index (χ3n) is 6.54. The van der Waals surface area contributed by atoms with Crippen LogP contribution in [0.1, 0.15) is 65.9 Å². The first-order valence-electron chi connectivity index (χ1n) is 12.6. The van der Waals surface area contributed by atoms with Crippen molar-refractivity contribution in [2.24, 2.45) is 11.3 Å². The van der Waals surface area contributed by atoms with Gasteiger partial charge in [-0.3, -0.25) is 0 Å². The van der Waals surface area contributed by atoms with Crippen LogP contribution < -0.4 is 9.64 Å². The second-order valence-corrected chi connectivity index (χ2v) is 11.0. The monoisotopic (exact) mass is 436 g/mol. The zero-order valence-corrected chi connectivity index (χ0v) is 21.0. The van der Waals surface area contributed by atoms with Gasteiger partial charge in [-0.2, -0.15) is 0 Å². The molecule has 2 aromatic carbocycles. The van der Waals surface area contributed by atoms with E-state index < -0.39 is 0 Å². The molecule has 3 nitrogen and oxygen atoms in total. The van der Waals surface area contributed by atoms with Crippen LogP contribution in [0.3, 0.4) is 0 Å². The van der Waals surface area contributed by atoms with Crippen LogP contribution in [0, 0.1) is 11.3 Å². The molecule has 0 aliphatic carbocycles. The van der Waals surface area contributed by atoms with Crippen LogP contribution in [0.5, 0.6) is 5.75 Å². The summed E-state index contributed by atoms with van der Waals surface area (Å²) in [6.45, 7) is 17.1. The molecule has 0 bridgehead atoms. The van der Waals surface area contributed by atoms with Crippen molar-refractivity contribution in [3.05, 3.63) is 60.2 Å². The van der Waals surface area contributed by atoms with Crippen molar-refractivity contribution >= 4 is 5.69 Å². The molecule has 0 saturated carbocycles. The van der Waals surface area contributed by atoms with Crippen LogP contribution in [-0.4, -0.2) is 37.1 Å². The van der Waals surface area contributed by atoms with Crippen molar-refractivity contribution in [1.82, 2.24) is 4.90 Å². The highest BCUT2D eigenvalue weighted by atomic mass is 16.5. The third kappa shape index (κ3) is 8.16. The normalized spacial score (nSPS) is 15.8. The maximum Gasteiger partial charge on any atom is 0.119 e. The molecule has 1 saturated heterocycles. The fourth-order valence-electron chi connectivity index (χ4n) is 4.34. The summed E-state index contributed by atoms with van der Waals surface area (Å²) in [7, 11) is 0. The number of hydrogen-bond donors (Lipinski definition) is 0. The van der Waals surface area contributed by atoms with Crippen LogP contribution in [0.2, 0.25) is 0 Å². The zero-order chi connectivity index (χ0) is 23.0. The van der Waals surface area contributed by atoms with E-state index in [1.54, 1.807) is 0 Å². The molecule has 1 heterocycles. The minimum absolute atomic E-state index is 0.421. The van der Waals surface area contributed by atoms with E-state index in [9.17, 15) is 0 Å². The van der Waals surface area contributed by atoms with Crippen LogP contribution in [0.4, 0.5) is 5.69 Å². The molecule has 32 heavy (non-hydrogen) atoms. The first kappa shape index (κ1) is 24.6. The molecule has 2 aromatic rings. The number of rotatable bonds is 10. The Balaban J connectivity index is 1.59. The van der Waals surface area contributed by atoms with E-state index >= 15 is 0 Å². The van der Waals surface area contributed by atoms with Crippen molar-refractivity contribution in [3.8, 4) is 5.75 Å². The topological polar surface area (TPSA) is 15.7 Å². The van der Waals surface area contributed by atoms with Gasteiger partial charge in [-0.1, -0.05) is 65.0 Å². The SMILES string of the molecule is CC(C)CCN(c1ccc(OCc2ccccc2)cc1)C1CCN(CCC(C)(C)C)CC1. The lowest BCUT2D eigenvalue weighted by atomic mass is 9.91. The van der Waals surface area contributed by atoms with Gasteiger partial charge >= 0.3 is 0 Å². The standard InChI is InChI=1S/C29H44N2O/c1-24(2)15-21-31(27-16-19-30(20-17-27)22-18-29(3,4)5)26-11-13-28(14-12-26)32-23-25-9-7-6-8-10-25/h6-14,24,27H,15-23H2,1-5H3. The maximum atomic E-state index is 6.01. The van der Waals surface area contributed by atoms with Crippen molar-refractivity contribution in [2.75, 3.05) is 31.1 Å². The van der Waals surface area contributed by atoms with Gasteiger partial charge in [0.15, 0.2) is 0 Å². The van der Waals surface area contributed by atoms with Crippen LogP contribution in [0.15, 0.2) is 54.6 Å². The number of benzene rings is 2. The second kappa shape index (κ2) is 11.7. The van der Waals surface area contributed by atoms with Gasteiger partial charge in [0.25, 0.3) is 0 Å². The summed E-state index contributed by atoms with van der Waals surface area (Å²) in [5.41, 5.74) is 2.96. The molecule has 0 unspecified atom stereocenters. The predicted octanol–water partition coefficient (Wildman–Crippen LogP) is 7.02. The maximum absolute atomic E-state index is 6.01. The Bertz CT molecular complexity index is 771. The molecule has 1 fully saturated rings. The smallest absolute Gasteiger partial charge is 0.119 e. The summed E-state index contributed by atoms with van der Waals surface area (Å²) in [5.74, 6) is 1.66. The summed E-state index contributed by atoms with van der Waals surface area (Å²) in [6.07, 6.45) is 5.03. The Kier molecular flexibility index (Phi) is 9.04. The molecule has 0 N–H and O–H groups in total. The number of piperidine rings is 1. The molecular formula is C29H44N2O. The molecule has 0 spiro atoms. The number of nitrogens with zero attached hydrogens (tertiary/aromatic N) is 2. The van der Waals surface area contributed by atoms with Gasteiger partial charge in [0, 0.05) is 31.4 Å². The van der Waals surface area contributed by atoms with E-state index in [0.717, 1.165) is 18.2 Å². The van der Waals surface area contributed by atoms with E-state index in [1.807, 2.05) is 6.07 Å². The van der Waals surface area contributed by atoms with Crippen molar-refractivity contribution < 1.29 is 4.74 Å². The Hall–Kier alpha value is -2.00. The minimum atomic E-state index is 0.421.